The van der Waals surface area contributed by atoms with Crippen molar-refractivity contribution in [2.24, 2.45) is 0 Å². The molecular weight excluding hydrogens is 254 g/mol. The Morgan fingerprint density at radius 3 is 2.85 bits per heavy atom. The zero-order valence-corrected chi connectivity index (χ0v) is 12.2. The van der Waals surface area contributed by atoms with Crippen LogP contribution in [-0.4, -0.2) is 19.6 Å². The first-order valence-corrected chi connectivity index (χ1v) is 6.97. The number of hydrogen-bond acceptors (Lipinski definition) is 4. The number of rotatable bonds is 6. The number of carbonyl (C=O) groups is 1. The number of esters is 1. The molecular formula is C16H21NO3. The second kappa shape index (κ2) is 6.57. The lowest BCUT2D eigenvalue weighted by Gasteiger charge is -2.12. The Kier molecular flexibility index (Phi) is 4.79. The molecule has 0 aliphatic heterocycles. The summed E-state index contributed by atoms with van der Waals surface area (Å²) < 4.78 is 10.6. The molecule has 0 spiro atoms. The van der Waals surface area contributed by atoms with Crippen molar-refractivity contribution in [2.45, 2.75) is 32.7 Å². The van der Waals surface area contributed by atoms with Crippen molar-refractivity contribution in [3.8, 4) is 0 Å². The van der Waals surface area contributed by atoms with E-state index >= 15 is 0 Å². The van der Waals surface area contributed by atoms with Gasteiger partial charge in [0.05, 0.1) is 19.6 Å². The molecule has 2 aromatic rings. The van der Waals surface area contributed by atoms with Crippen molar-refractivity contribution in [3.63, 3.8) is 0 Å². The molecule has 0 radical (unpaired) electrons. The van der Waals surface area contributed by atoms with E-state index in [2.05, 4.69) is 23.0 Å². The minimum atomic E-state index is -0.204. The first kappa shape index (κ1) is 14.6. The third kappa shape index (κ3) is 3.02. The normalized spacial score (nSPS) is 12.6. The van der Waals surface area contributed by atoms with Crippen molar-refractivity contribution >= 4 is 16.9 Å². The van der Waals surface area contributed by atoms with E-state index in [1.165, 1.54) is 18.1 Å². The maximum atomic E-state index is 11.1. The van der Waals surface area contributed by atoms with E-state index < -0.39 is 0 Å². The summed E-state index contributed by atoms with van der Waals surface area (Å²) in [5.41, 5.74) is 2.15. The van der Waals surface area contributed by atoms with Crippen molar-refractivity contribution in [1.29, 1.82) is 0 Å². The van der Waals surface area contributed by atoms with Crippen LogP contribution in [0, 0.1) is 0 Å². The van der Waals surface area contributed by atoms with Gasteiger partial charge in [0, 0.05) is 17.5 Å². The Balaban J connectivity index is 2.13. The first-order valence-electron chi connectivity index (χ1n) is 6.97. The smallest absolute Gasteiger partial charge is 0.306 e. The Hall–Kier alpha value is -1.81. The highest BCUT2D eigenvalue weighted by molar-refractivity contribution is 5.82. The maximum Gasteiger partial charge on any atom is 0.306 e. The van der Waals surface area contributed by atoms with Crippen LogP contribution in [0.25, 0.3) is 11.0 Å². The molecule has 0 amide bonds. The lowest BCUT2D eigenvalue weighted by Crippen LogP contribution is -2.22. The summed E-state index contributed by atoms with van der Waals surface area (Å²) in [6, 6.07) is 8.14. The quantitative estimate of drug-likeness (QED) is 0.822. The van der Waals surface area contributed by atoms with Gasteiger partial charge in [-0.2, -0.15) is 0 Å². The number of para-hydroxylation sites is 1. The highest BCUT2D eigenvalue weighted by atomic mass is 16.5. The number of hydrogen-bond donors (Lipinski definition) is 1. The van der Waals surface area contributed by atoms with E-state index in [4.69, 9.17) is 4.42 Å². The maximum absolute atomic E-state index is 11.1. The van der Waals surface area contributed by atoms with E-state index in [9.17, 15) is 4.79 Å². The van der Waals surface area contributed by atoms with Gasteiger partial charge in [-0.15, -0.1) is 0 Å². The van der Waals surface area contributed by atoms with Gasteiger partial charge in [0.25, 0.3) is 0 Å². The fourth-order valence-corrected chi connectivity index (χ4v) is 2.42. The van der Waals surface area contributed by atoms with Crippen molar-refractivity contribution in [2.75, 3.05) is 13.7 Å². The summed E-state index contributed by atoms with van der Waals surface area (Å²) in [7, 11) is 1.40. The molecule has 1 aromatic heterocycles. The second-order valence-electron chi connectivity index (χ2n) is 4.80. The Morgan fingerprint density at radius 2 is 2.15 bits per heavy atom. The van der Waals surface area contributed by atoms with E-state index in [-0.39, 0.29) is 12.0 Å². The van der Waals surface area contributed by atoms with Crippen molar-refractivity contribution in [1.82, 2.24) is 5.32 Å². The molecule has 1 atom stereocenters. The monoisotopic (exact) mass is 275 g/mol. The van der Waals surface area contributed by atoms with Crippen LogP contribution >= 0.6 is 0 Å². The van der Waals surface area contributed by atoms with Gasteiger partial charge in [0.15, 0.2) is 0 Å². The number of furan rings is 1. The summed E-state index contributed by atoms with van der Waals surface area (Å²) in [5.74, 6) is 0.753. The van der Waals surface area contributed by atoms with Crippen LogP contribution < -0.4 is 5.32 Å². The van der Waals surface area contributed by atoms with Gasteiger partial charge in [-0.1, -0.05) is 25.1 Å². The highest BCUT2D eigenvalue weighted by Crippen LogP contribution is 2.30. The summed E-state index contributed by atoms with van der Waals surface area (Å²) in [6.07, 6.45) is 1.29. The number of fused-ring (bicyclic) bond motifs is 1. The number of nitrogens with one attached hydrogen (secondary N) is 1. The third-order valence-electron chi connectivity index (χ3n) is 3.48. The predicted molar refractivity (Wildman–Crippen MR) is 78.6 cm³/mol. The molecule has 2 rings (SSSR count). The first-order chi connectivity index (χ1) is 9.67. The summed E-state index contributed by atoms with van der Waals surface area (Å²) in [4.78, 5) is 11.1. The standard InChI is InChI=1S/C16H21NO3/c1-4-12-13-7-5-6-8-14(13)20-16(12)11(2)17-10-9-15(18)19-3/h5-8,11,17H,4,9-10H2,1-3H3. The van der Waals surface area contributed by atoms with Crippen molar-refractivity contribution in [3.05, 3.63) is 35.6 Å². The van der Waals surface area contributed by atoms with E-state index in [1.54, 1.807) is 0 Å². The summed E-state index contributed by atoms with van der Waals surface area (Å²) >= 11 is 0. The Morgan fingerprint density at radius 1 is 1.40 bits per heavy atom. The average Bonchev–Trinajstić information content (AvgIpc) is 2.85. The van der Waals surface area contributed by atoms with Crippen LogP contribution in [0.5, 0.6) is 0 Å². The van der Waals surface area contributed by atoms with Crippen LogP contribution in [0.2, 0.25) is 0 Å². The second-order valence-corrected chi connectivity index (χ2v) is 4.80. The molecule has 20 heavy (non-hydrogen) atoms. The van der Waals surface area contributed by atoms with Crippen LogP contribution in [0.1, 0.15) is 37.6 Å². The fraction of sp³-hybridized carbons (Fsp3) is 0.438. The molecule has 1 aromatic carbocycles. The molecule has 0 bridgehead atoms. The summed E-state index contributed by atoms with van der Waals surface area (Å²) in [5, 5.41) is 4.48. The molecule has 0 fully saturated rings. The average molecular weight is 275 g/mol. The number of methoxy groups -OCH3 is 1. The molecule has 0 aliphatic rings. The predicted octanol–water partition coefficient (Wildman–Crippen LogP) is 3.21. The van der Waals surface area contributed by atoms with Crippen LogP contribution in [-0.2, 0) is 16.0 Å². The minimum absolute atomic E-state index is 0.0713. The highest BCUT2D eigenvalue weighted by Gasteiger charge is 2.17. The van der Waals surface area contributed by atoms with Crippen LogP contribution in [0.3, 0.4) is 0 Å². The van der Waals surface area contributed by atoms with Crippen molar-refractivity contribution < 1.29 is 13.9 Å². The molecule has 1 unspecified atom stereocenters. The zero-order valence-electron chi connectivity index (χ0n) is 12.2. The Bertz CT molecular complexity index is 588. The van der Waals surface area contributed by atoms with E-state index in [0.29, 0.717) is 13.0 Å². The molecule has 4 heteroatoms. The minimum Gasteiger partial charge on any atom is -0.469 e. The van der Waals surface area contributed by atoms with Gasteiger partial charge in [0.1, 0.15) is 11.3 Å². The zero-order chi connectivity index (χ0) is 14.5. The van der Waals surface area contributed by atoms with Gasteiger partial charge in [-0.3, -0.25) is 4.79 Å². The van der Waals surface area contributed by atoms with E-state index in [0.717, 1.165) is 17.8 Å². The van der Waals surface area contributed by atoms with Gasteiger partial charge in [-0.25, -0.2) is 0 Å². The number of ether oxygens (including phenoxy) is 1. The molecule has 0 saturated heterocycles. The van der Waals surface area contributed by atoms with Crippen LogP contribution in [0.15, 0.2) is 28.7 Å². The van der Waals surface area contributed by atoms with Crippen LogP contribution in [0.4, 0.5) is 0 Å². The Labute approximate surface area is 119 Å². The molecule has 0 saturated carbocycles. The SMILES string of the molecule is CCc1c(C(C)NCCC(=O)OC)oc2ccccc12. The number of benzene rings is 1. The lowest BCUT2D eigenvalue weighted by molar-refractivity contribution is -0.140. The lowest BCUT2D eigenvalue weighted by atomic mass is 10.1. The molecule has 4 nitrogen and oxygen atoms in total. The molecule has 0 aliphatic carbocycles. The molecule has 108 valence electrons. The fourth-order valence-electron chi connectivity index (χ4n) is 2.42. The molecule has 1 heterocycles. The van der Waals surface area contributed by atoms with Gasteiger partial charge < -0.3 is 14.5 Å². The largest absolute Gasteiger partial charge is 0.469 e. The van der Waals surface area contributed by atoms with E-state index in [1.807, 2.05) is 25.1 Å². The van der Waals surface area contributed by atoms with Gasteiger partial charge >= 0.3 is 5.97 Å². The topological polar surface area (TPSA) is 51.5 Å². The number of carbonyl (C=O) groups excluding carboxylic acids is 1. The van der Waals surface area contributed by atoms with Gasteiger partial charge in [0.2, 0.25) is 0 Å². The van der Waals surface area contributed by atoms with Gasteiger partial charge in [-0.05, 0) is 19.4 Å². The number of aryl methyl sites for hydroxylation is 1. The molecule has 1 N–H and O–H groups in total. The summed E-state index contributed by atoms with van der Waals surface area (Å²) in [6.45, 7) is 4.75. The third-order valence-corrected chi connectivity index (χ3v) is 3.48.